The van der Waals surface area contributed by atoms with E-state index < -0.39 is 0 Å². The molecule has 1 N–H and O–H groups in total. The SMILES string of the molecule is CCc1c(C(=O)N2C[C@H]3CNC[C@H]3C2)nnn1-c1cccc(Cl)c1.Cl. The van der Waals surface area contributed by atoms with E-state index in [2.05, 4.69) is 15.6 Å². The lowest BCUT2D eigenvalue weighted by Gasteiger charge is -2.16. The normalized spacial score (nSPS) is 21.9. The first-order valence-corrected chi connectivity index (χ1v) is 8.75. The minimum Gasteiger partial charge on any atom is -0.337 e. The molecule has 2 aromatic rings. The molecule has 1 amide bonds. The minimum absolute atomic E-state index is 0. The van der Waals surface area contributed by atoms with Crippen LogP contribution in [0.3, 0.4) is 0 Å². The number of nitrogens with zero attached hydrogens (tertiary/aromatic N) is 4. The van der Waals surface area contributed by atoms with E-state index in [1.54, 1.807) is 4.68 Å². The van der Waals surface area contributed by atoms with E-state index in [1.807, 2.05) is 36.1 Å². The molecule has 2 atom stereocenters. The predicted octanol–water partition coefficient (Wildman–Crippen LogP) is 2.20. The minimum atomic E-state index is -0.00507. The molecule has 1 aromatic heterocycles. The predicted molar refractivity (Wildman–Crippen MR) is 98.7 cm³/mol. The molecule has 2 aliphatic heterocycles. The van der Waals surface area contributed by atoms with Crippen molar-refractivity contribution in [2.45, 2.75) is 13.3 Å². The molecule has 0 radical (unpaired) electrons. The summed E-state index contributed by atoms with van der Waals surface area (Å²) in [5.74, 6) is 1.14. The summed E-state index contributed by atoms with van der Waals surface area (Å²) in [6.07, 6.45) is 0.683. The third-order valence-corrected chi connectivity index (χ3v) is 5.27. The number of hydrogen-bond donors (Lipinski definition) is 1. The number of carbonyl (C=O) groups is 1. The number of amides is 1. The molecule has 0 saturated carbocycles. The number of rotatable bonds is 3. The lowest BCUT2D eigenvalue weighted by atomic mass is 10.0. The molecule has 0 spiro atoms. The fourth-order valence-corrected chi connectivity index (χ4v) is 3.96. The van der Waals surface area contributed by atoms with Crippen LogP contribution in [0.1, 0.15) is 23.1 Å². The molecule has 2 fully saturated rings. The Morgan fingerprint density at radius 2 is 2.04 bits per heavy atom. The molecular formula is C17H21Cl2N5O. The van der Waals surface area contributed by atoms with Gasteiger partial charge in [0.1, 0.15) is 0 Å². The van der Waals surface area contributed by atoms with Gasteiger partial charge < -0.3 is 10.2 Å². The second kappa shape index (κ2) is 7.32. The third-order valence-electron chi connectivity index (χ3n) is 5.03. The summed E-state index contributed by atoms with van der Waals surface area (Å²) in [5, 5.41) is 12.4. The summed E-state index contributed by atoms with van der Waals surface area (Å²) >= 11 is 6.08. The summed E-state index contributed by atoms with van der Waals surface area (Å²) in [7, 11) is 0. The average Bonchev–Trinajstić information content (AvgIpc) is 3.27. The van der Waals surface area contributed by atoms with Crippen LogP contribution in [-0.4, -0.2) is 52.0 Å². The molecular weight excluding hydrogens is 361 g/mol. The van der Waals surface area contributed by atoms with Gasteiger partial charge >= 0.3 is 0 Å². The Labute approximate surface area is 157 Å². The highest BCUT2D eigenvalue weighted by Gasteiger charge is 2.39. The van der Waals surface area contributed by atoms with Gasteiger partial charge in [-0.15, -0.1) is 17.5 Å². The fourth-order valence-electron chi connectivity index (χ4n) is 3.77. The van der Waals surface area contributed by atoms with Crippen LogP contribution >= 0.6 is 24.0 Å². The zero-order chi connectivity index (χ0) is 16.7. The standard InChI is InChI=1S/C17H20ClN5O.ClH/c1-2-15-16(17(24)22-9-11-7-19-8-12(11)10-22)20-21-23(15)14-5-3-4-13(18)6-14;/h3-6,11-12,19H,2,7-10H2,1H3;1H/t11-,12+;. The van der Waals surface area contributed by atoms with Crippen LogP contribution in [0.15, 0.2) is 24.3 Å². The molecule has 134 valence electrons. The van der Waals surface area contributed by atoms with Crippen molar-refractivity contribution in [1.29, 1.82) is 0 Å². The molecule has 0 unspecified atom stereocenters. The van der Waals surface area contributed by atoms with Gasteiger partial charge in [-0.1, -0.05) is 29.8 Å². The number of fused-ring (bicyclic) bond motifs is 1. The maximum absolute atomic E-state index is 12.9. The Morgan fingerprint density at radius 1 is 1.32 bits per heavy atom. The van der Waals surface area contributed by atoms with Crippen molar-refractivity contribution < 1.29 is 4.79 Å². The molecule has 0 bridgehead atoms. The second-order valence-corrected chi connectivity index (χ2v) is 6.95. The number of aromatic nitrogens is 3. The zero-order valence-electron chi connectivity index (χ0n) is 14.0. The molecule has 4 rings (SSSR count). The Bertz CT molecular complexity index is 766. The van der Waals surface area contributed by atoms with Gasteiger partial charge in [-0.25, -0.2) is 4.68 Å². The van der Waals surface area contributed by atoms with Gasteiger partial charge in [0.15, 0.2) is 5.69 Å². The van der Waals surface area contributed by atoms with Crippen LogP contribution in [0.4, 0.5) is 0 Å². The van der Waals surface area contributed by atoms with Crippen LogP contribution in [0, 0.1) is 11.8 Å². The number of nitrogens with one attached hydrogen (secondary N) is 1. The van der Waals surface area contributed by atoms with Crippen LogP contribution in [0.2, 0.25) is 5.02 Å². The van der Waals surface area contributed by atoms with Gasteiger partial charge in [-0.3, -0.25) is 4.79 Å². The quantitative estimate of drug-likeness (QED) is 0.884. The first-order valence-electron chi connectivity index (χ1n) is 8.38. The monoisotopic (exact) mass is 381 g/mol. The maximum Gasteiger partial charge on any atom is 0.276 e. The van der Waals surface area contributed by atoms with E-state index in [1.165, 1.54) is 0 Å². The molecule has 1 aromatic carbocycles. The molecule has 3 heterocycles. The van der Waals surface area contributed by atoms with Crippen LogP contribution < -0.4 is 5.32 Å². The van der Waals surface area contributed by atoms with E-state index >= 15 is 0 Å². The van der Waals surface area contributed by atoms with E-state index in [9.17, 15) is 4.79 Å². The topological polar surface area (TPSA) is 63.1 Å². The van der Waals surface area contributed by atoms with Crippen LogP contribution in [0.5, 0.6) is 0 Å². The highest BCUT2D eigenvalue weighted by atomic mass is 35.5. The van der Waals surface area contributed by atoms with E-state index in [-0.39, 0.29) is 18.3 Å². The van der Waals surface area contributed by atoms with Gasteiger partial charge in [-0.2, -0.15) is 0 Å². The van der Waals surface area contributed by atoms with Gasteiger partial charge in [0.05, 0.1) is 11.4 Å². The largest absolute Gasteiger partial charge is 0.337 e. The number of halogens is 2. The van der Waals surface area contributed by atoms with E-state index in [0.717, 1.165) is 37.6 Å². The Hall–Kier alpha value is -1.63. The third kappa shape index (κ3) is 3.26. The number of carbonyl (C=O) groups excluding carboxylic acids is 1. The molecule has 6 nitrogen and oxygen atoms in total. The van der Waals surface area contributed by atoms with E-state index in [0.29, 0.717) is 29.0 Å². The van der Waals surface area contributed by atoms with Crippen LogP contribution in [-0.2, 0) is 6.42 Å². The fraction of sp³-hybridized carbons (Fsp3) is 0.471. The first kappa shape index (κ1) is 18.2. The van der Waals surface area contributed by atoms with Crippen molar-refractivity contribution in [2.75, 3.05) is 26.2 Å². The molecule has 0 aliphatic carbocycles. The maximum atomic E-state index is 12.9. The van der Waals surface area contributed by atoms with Crippen molar-refractivity contribution in [3.8, 4) is 5.69 Å². The lowest BCUT2D eigenvalue weighted by Crippen LogP contribution is -2.32. The Balaban J connectivity index is 0.00000182. The molecule has 25 heavy (non-hydrogen) atoms. The number of hydrogen-bond acceptors (Lipinski definition) is 4. The molecule has 2 saturated heterocycles. The summed E-state index contributed by atoms with van der Waals surface area (Å²) in [4.78, 5) is 14.9. The highest BCUT2D eigenvalue weighted by molar-refractivity contribution is 6.30. The van der Waals surface area contributed by atoms with Gasteiger partial charge in [-0.05, 0) is 36.5 Å². The van der Waals surface area contributed by atoms with Crippen LogP contribution in [0.25, 0.3) is 5.69 Å². The van der Waals surface area contributed by atoms with Crippen molar-refractivity contribution in [3.63, 3.8) is 0 Å². The molecule has 8 heteroatoms. The van der Waals surface area contributed by atoms with Crippen molar-refractivity contribution >= 4 is 29.9 Å². The second-order valence-electron chi connectivity index (χ2n) is 6.52. The van der Waals surface area contributed by atoms with Gasteiger partial charge in [0.25, 0.3) is 5.91 Å². The van der Waals surface area contributed by atoms with Crippen molar-refractivity contribution in [3.05, 3.63) is 40.7 Å². The summed E-state index contributed by atoms with van der Waals surface area (Å²) in [5.41, 5.74) is 2.12. The van der Waals surface area contributed by atoms with Gasteiger partial charge in [0, 0.05) is 31.2 Å². The Kier molecular flexibility index (Phi) is 5.32. The smallest absolute Gasteiger partial charge is 0.276 e. The first-order chi connectivity index (χ1) is 11.7. The number of benzene rings is 1. The molecule has 2 aliphatic rings. The van der Waals surface area contributed by atoms with E-state index in [4.69, 9.17) is 11.6 Å². The summed E-state index contributed by atoms with van der Waals surface area (Å²) in [6, 6.07) is 7.43. The number of likely N-dealkylation sites (tertiary alicyclic amines) is 1. The van der Waals surface area contributed by atoms with Crippen molar-refractivity contribution in [2.24, 2.45) is 11.8 Å². The van der Waals surface area contributed by atoms with Crippen molar-refractivity contribution in [1.82, 2.24) is 25.2 Å². The lowest BCUT2D eigenvalue weighted by molar-refractivity contribution is 0.0774. The highest BCUT2D eigenvalue weighted by Crippen LogP contribution is 2.28. The Morgan fingerprint density at radius 3 is 2.68 bits per heavy atom. The summed E-state index contributed by atoms with van der Waals surface area (Å²) < 4.78 is 1.72. The van der Waals surface area contributed by atoms with Gasteiger partial charge in [0.2, 0.25) is 0 Å². The summed E-state index contributed by atoms with van der Waals surface area (Å²) in [6.45, 7) is 5.64. The zero-order valence-corrected chi connectivity index (χ0v) is 15.6. The average molecular weight is 382 g/mol.